The molecule has 0 aliphatic carbocycles. The number of piperazine rings is 1. The first-order valence-corrected chi connectivity index (χ1v) is 10.8. The third-order valence-corrected chi connectivity index (χ3v) is 5.66. The second-order valence-corrected chi connectivity index (χ2v) is 8.49. The van der Waals surface area contributed by atoms with E-state index in [0.29, 0.717) is 36.7 Å². The lowest BCUT2D eigenvalue weighted by molar-refractivity contribution is 0.0408. The predicted molar refractivity (Wildman–Crippen MR) is 120 cm³/mol. The molecule has 1 fully saturated rings. The van der Waals surface area contributed by atoms with Crippen LogP contribution in [0.15, 0.2) is 24.3 Å². The van der Waals surface area contributed by atoms with Crippen LogP contribution in [0.1, 0.15) is 75.0 Å². The number of methoxy groups -OCH3 is 1. The van der Waals surface area contributed by atoms with Crippen LogP contribution in [0.25, 0.3) is 0 Å². The number of hydrogen-bond acceptors (Lipinski definition) is 6. The molecule has 1 saturated heterocycles. The molecule has 1 aliphatic rings. The molecule has 2 aromatic rings. The van der Waals surface area contributed by atoms with E-state index in [1.165, 1.54) is 7.11 Å². The van der Waals surface area contributed by atoms with Crippen LogP contribution >= 0.6 is 0 Å². The van der Waals surface area contributed by atoms with Gasteiger partial charge in [-0.05, 0) is 38.8 Å². The van der Waals surface area contributed by atoms with Gasteiger partial charge in [0.05, 0.1) is 12.8 Å². The standard InChI is InChI=1S/C24H30N4O4/c1-14(2)20-19(24(31)32-6)21(26-17(5)25-20)23(30)27-11-12-28(16(4)13-27)22(29)18-9-7-15(3)8-10-18/h7-10,14,16H,11-13H2,1-6H3. The molecular formula is C24H30N4O4. The average molecular weight is 439 g/mol. The van der Waals surface area contributed by atoms with Crippen molar-refractivity contribution >= 4 is 17.8 Å². The van der Waals surface area contributed by atoms with Gasteiger partial charge in [0.2, 0.25) is 0 Å². The maximum absolute atomic E-state index is 13.4. The van der Waals surface area contributed by atoms with Gasteiger partial charge in [-0.2, -0.15) is 0 Å². The fourth-order valence-electron chi connectivity index (χ4n) is 3.93. The zero-order chi connectivity index (χ0) is 23.6. The van der Waals surface area contributed by atoms with E-state index < -0.39 is 5.97 Å². The van der Waals surface area contributed by atoms with Crippen LogP contribution in [0.4, 0.5) is 0 Å². The molecule has 8 heteroatoms. The van der Waals surface area contributed by atoms with Crippen molar-refractivity contribution in [3.63, 3.8) is 0 Å². The van der Waals surface area contributed by atoms with E-state index in [1.54, 1.807) is 16.7 Å². The molecule has 170 valence electrons. The van der Waals surface area contributed by atoms with Gasteiger partial charge >= 0.3 is 5.97 Å². The number of amides is 2. The highest BCUT2D eigenvalue weighted by Crippen LogP contribution is 2.24. The lowest BCUT2D eigenvalue weighted by atomic mass is 10.0. The van der Waals surface area contributed by atoms with Gasteiger partial charge < -0.3 is 14.5 Å². The molecule has 1 aromatic carbocycles. The Morgan fingerprint density at radius 1 is 1.03 bits per heavy atom. The van der Waals surface area contributed by atoms with E-state index in [1.807, 2.05) is 52.0 Å². The van der Waals surface area contributed by atoms with Crippen LogP contribution in [-0.4, -0.2) is 70.3 Å². The quantitative estimate of drug-likeness (QED) is 0.682. The Labute approximate surface area is 188 Å². The number of rotatable bonds is 4. The molecule has 3 rings (SSSR count). The third-order valence-electron chi connectivity index (χ3n) is 5.66. The Bertz CT molecular complexity index is 1030. The summed E-state index contributed by atoms with van der Waals surface area (Å²) in [6.45, 7) is 10.5. The molecule has 2 heterocycles. The van der Waals surface area contributed by atoms with Crippen molar-refractivity contribution in [2.24, 2.45) is 0 Å². The van der Waals surface area contributed by atoms with Gasteiger partial charge in [0.15, 0.2) is 0 Å². The Kier molecular flexibility index (Phi) is 6.91. The van der Waals surface area contributed by atoms with Crippen LogP contribution in [-0.2, 0) is 4.74 Å². The van der Waals surface area contributed by atoms with Gasteiger partial charge in [-0.1, -0.05) is 31.5 Å². The van der Waals surface area contributed by atoms with E-state index >= 15 is 0 Å². The van der Waals surface area contributed by atoms with E-state index in [2.05, 4.69) is 9.97 Å². The summed E-state index contributed by atoms with van der Waals surface area (Å²) in [6.07, 6.45) is 0. The first-order chi connectivity index (χ1) is 15.1. The smallest absolute Gasteiger partial charge is 0.342 e. The summed E-state index contributed by atoms with van der Waals surface area (Å²) in [4.78, 5) is 51.0. The Balaban J connectivity index is 1.85. The normalized spacial score (nSPS) is 16.3. The fourth-order valence-corrected chi connectivity index (χ4v) is 3.93. The van der Waals surface area contributed by atoms with Crippen LogP contribution in [0.3, 0.4) is 0 Å². The number of nitrogens with zero attached hydrogens (tertiary/aromatic N) is 4. The molecule has 0 radical (unpaired) electrons. The van der Waals surface area contributed by atoms with Crippen LogP contribution in [0.2, 0.25) is 0 Å². The zero-order valence-electron chi connectivity index (χ0n) is 19.5. The van der Waals surface area contributed by atoms with Gasteiger partial charge in [-0.25, -0.2) is 14.8 Å². The summed E-state index contributed by atoms with van der Waals surface area (Å²) in [5, 5.41) is 0. The Hall–Kier alpha value is -3.29. The Morgan fingerprint density at radius 2 is 1.69 bits per heavy atom. The van der Waals surface area contributed by atoms with Crippen molar-refractivity contribution in [1.82, 2.24) is 19.8 Å². The van der Waals surface area contributed by atoms with Gasteiger partial charge in [0.1, 0.15) is 17.1 Å². The fraction of sp³-hybridized carbons (Fsp3) is 0.458. The molecule has 1 atom stereocenters. The summed E-state index contributed by atoms with van der Waals surface area (Å²) in [7, 11) is 1.28. The highest BCUT2D eigenvalue weighted by Gasteiger charge is 2.34. The summed E-state index contributed by atoms with van der Waals surface area (Å²) in [5.41, 5.74) is 2.38. The van der Waals surface area contributed by atoms with Crippen molar-refractivity contribution in [2.75, 3.05) is 26.7 Å². The summed E-state index contributed by atoms with van der Waals surface area (Å²) in [6, 6.07) is 7.28. The maximum Gasteiger partial charge on any atom is 0.342 e. The van der Waals surface area contributed by atoms with Crippen molar-refractivity contribution in [2.45, 2.75) is 46.6 Å². The number of carbonyl (C=O) groups excluding carboxylic acids is 3. The van der Waals surface area contributed by atoms with Crippen molar-refractivity contribution < 1.29 is 19.1 Å². The second kappa shape index (κ2) is 9.46. The molecule has 8 nitrogen and oxygen atoms in total. The molecule has 1 unspecified atom stereocenters. The number of aryl methyl sites for hydroxylation is 2. The molecule has 0 spiro atoms. The SMILES string of the molecule is COC(=O)c1c(C(=O)N2CCN(C(=O)c3ccc(C)cc3)C(C)C2)nc(C)nc1C(C)C. The van der Waals surface area contributed by atoms with Gasteiger partial charge in [0, 0.05) is 31.2 Å². The van der Waals surface area contributed by atoms with E-state index in [-0.39, 0.29) is 35.0 Å². The van der Waals surface area contributed by atoms with Crippen LogP contribution < -0.4 is 0 Å². The molecule has 1 aromatic heterocycles. The van der Waals surface area contributed by atoms with Crippen molar-refractivity contribution in [3.05, 3.63) is 58.2 Å². The molecule has 2 amide bonds. The zero-order valence-corrected chi connectivity index (χ0v) is 19.5. The molecule has 0 bridgehead atoms. The molecule has 1 aliphatic heterocycles. The maximum atomic E-state index is 13.4. The van der Waals surface area contributed by atoms with Gasteiger partial charge in [0.25, 0.3) is 11.8 Å². The van der Waals surface area contributed by atoms with Crippen molar-refractivity contribution in [3.8, 4) is 0 Å². The lowest BCUT2D eigenvalue weighted by Gasteiger charge is -2.40. The Morgan fingerprint density at radius 3 is 2.25 bits per heavy atom. The number of hydrogen-bond donors (Lipinski definition) is 0. The van der Waals surface area contributed by atoms with Crippen LogP contribution in [0, 0.1) is 13.8 Å². The largest absolute Gasteiger partial charge is 0.465 e. The first-order valence-electron chi connectivity index (χ1n) is 10.8. The molecule has 0 saturated carbocycles. The first kappa shape index (κ1) is 23.4. The number of esters is 1. The number of benzene rings is 1. The predicted octanol–water partition coefficient (Wildman–Crippen LogP) is 2.99. The number of carbonyl (C=O) groups is 3. The van der Waals surface area contributed by atoms with E-state index in [4.69, 9.17) is 4.74 Å². The molecule has 32 heavy (non-hydrogen) atoms. The minimum absolute atomic E-state index is 0.0542. The van der Waals surface area contributed by atoms with E-state index in [9.17, 15) is 14.4 Å². The highest BCUT2D eigenvalue weighted by atomic mass is 16.5. The summed E-state index contributed by atoms with van der Waals surface area (Å²) >= 11 is 0. The topological polar surface area (TPSA) is 92.7 Å². The average Bonchev–Trinajstić information content (AvgIpc) is 2.77. The number of ether oxygens (including phenoxy) is 1. The minimum Gasteiger partial charge on any atom is -0.465 e. The lowest BCUT2D eigenvalue weighted by Crippen LogP contribution is -2.55. The molecule has 0 N–H and O–H groups in total. The third kappa shape index (κ3) is 4.64. The van der Waals surface area contributed by atoms with Gasteiger partial charge in [-0.15, -0.1) is 0 Å². The monoisotopic (exact) mass is 438 g/mol. The van der Waals surface area contributed by atoms with Crippen molar-refractivity contribution in [1.29, 1.82) is 0 Å². The van der Waals surface area contributed by atoms with Gasteiger partial charge in [-0.3, -0.25) is 9.59 Å². The second-order valence-electron chi connectivity index (χ2n) is 8.49. The number of aromatic nitrogens is 2. The van der Waals surface area contributed by atoms with E-state index in [0.717, 1.165) is 5.56 Å². The summed E-state index contributed by atoms with van der Waals surface area (Å²) in [5.74, 6) is -0.698. The van der Waals surface area contributed by atoms with Crippen LogP contribution in [0.5, 0.6) is 0 Å². The minimum atomic E-state index is -0.627. The summed E-state index contributed by atoms with van der Waals surface area (Å²) < 4.78 is 4.93. The molecular weight excluding hydrogens is 408 g/mol. The highest BCUT2D eigenvalue weighted by molar-refractivity contribution is 6.05.